The van der Waals surface area contributed by atoms with Crippen LogP contribution in [0.25, 0.3) is 98.4 Å². The van der Waals surface area contributed by atoms with Gasteiger partial charge in [0.05, 0.1) is 0 Å². The van der Waals surface area contributed by atoms with Gasteiger partial charge in [0, 0.05) is 10.8 Å². The zero-order valence-corrected chi connectivity index (χ0v) is 25.6. The van der Waals surface area contributed by atoms with E-state index in [1.54, 1.807) is 0 Å². The smallest absolute Gasteiger partial charge is 0.136 e. The predicted molar refractivity (Wildman–Crippen MR) is 200 cm³/mol. The van der Waals surface area contributed by atoms with Gasteiger partial charge in [0.25, 0.3) is 0 Å². The Morgan fingerprint density at radius 3 is 1.60 bits per heavy atom. The van der Waals surface area contributed by atoms with Gasteiger partial charge in [-0.1, -0.05) is 146 Å². The van der Waals surface area contributed by atoms with Crippen molar-refractivity contribution in [3.8, 4) is 33.4 Å². The maximum absolute atomic E-state index is 6.50. The summed E-state index contributed by atoms with van der Waals surface area (Å²) in [5, 5.41) is 12.3. The van der Waals surface area contributed by atoms with E-state index in [9.17, 15) is 0 Å². The van der Waals surface area contributed by atoms with Crippen LogP contribution in [0.3, 0.4) is 0 Å². The van der Waals surface area contributed by atoms with Gasteiger partial charge in [0.15, 0.2) is 0 Å². The van der Waals surface area contributed by atoms with Gasteiger partial charge in [0.1, 0.15) is 11.2 Å². The third kappa shape index (κ3) is 3.90. The number of furan rings is 1. The molecule has 0 spiro atoms. The van der Waals surface area contributed by atoms with Crippen LogP contribution in [-0.2, 0) is 0 Å². The molecule has 9 aromatic carbocycles. The lowest BCUT2D eigenvalue weighted by molar-refractivity contribution is 0.669. The van der Waals surface area contributed by atoms with Crippen LogP contribution < -0.4 is 0 Å². The monoisotopic (exact) mass is 596 g/mol. The van der Waals surface area contributed by atoms with Crippen LogP contribution in [0.1, 0.15) is 0 Å². The Balaban J connectivity index is 1.35. The molecule has 0 amide bonds. The van der Waals surface area contributed by atoms with Crippen molar-refractivity contribution in [1.29, 1.82) is 0 Å². The zero-order valence-electron chi connectivity index (χ0n) is 25.6. The summed E-state index contributed by atoms with van der Waals surface area (Å²) in [4.78, 5) is 0. The van der Waals surface area contributed by atoms with Gasteiger partial charge in [-0.3, -0.25) is 0 Å². The molecule has 0 aliphatic carbocycles. The largest absolute Gasteiger partial charge is 0.456 e. The quantitative estimate of drug-likeness (QED) is 0.185. The van der Waals surface area contributed by atoms with Crippen LogP contribution >= 0.6 is 0 Å². The summed E-state index contributed by atoms with van der Waals surface area (Å²) in [6.45, 7) is 0. The van der Waals surface area contributed by atoms with E-state index in [4.69, 9.17) is 4.42 Å². The summed E-state index contributed by atoms with van der Waals surface area (Å²) in [7, 11) is 0. The lowest BCUT2D eigenvalue weighted by Crippen LogP contribution is -1.92. The minimum absolute atomic E-state index is 0.909. The van der Waals surface area contributed by atoms with Gasteiger partial charge in [-0.2, -0.15) is 0 Å². The third-order valence-corrected chi connectivity index (χ3v) is 9.82. The third-order valence-electron chi connectivity index (χ3n) is 9.82. The molecule has 0 aliphatic rings. The Hall–Kier alpha value is -6.18. The normalized spacial score (nSPS) is 11.8. The number of rotatable bonds is 3. The molecule has 0 aliphatic heterocycles. The first kappa shape index (κ1) is 26.1. The van der Waals surface area contributed by atoms with Crippen LogP contribution in [0.5, 0.6) is 0 Å². The topological polar surface area (TPSA) is 13.1 Å². The highest BCUT2D eigenvalue weighted by molar-refractivity contribution is 6.25. The molecule has 0 N–H and O–H groups in total. The van der Waals surface area contributed by atoms with Crippen LogP contribution in [0, 0.1) is 0 Å². The van der Waals surface area contributed by atoms with E-state index in [0.29, 0.717) is 0 Å². The number of hydrogen-bond donors (Lipinski definition) is 0. The van der Waals surface area contributed by atoms with Gasteiger partial charge in [0.2, 0.25) is 0 Å². The summed E-state index contributed by atoms with van der Waals surface area (Å²) in [6, 6.07) is 61.5. The van der Waals surface area contributed by atoms with Gasteiger partial charge in [-0.25, -0.2) is 0 Å². The first-order valence-corrected chi connectivity index (χ1v) is 16.2. The average molecular weight is 597 g/mol. The van der Waals surface area contributed by atoms with E-state index in [1.165, 1.54) is 81.9 Å². The lowest BCUT2D eigenvalue weighted by Gasteiger charge is -2.19. The van der Waals surface area contributed by atoms with E-state index in [0.717, 1.165) is 16.6 Å². The second-order valence-electron chi connectivity index (χ2n) is 12.4. The molecule has 0 atom stereocenters. The molecule has 47 heavy (non-hydrogen) atoms. The summed E-state index contributed by atoms with van der Waals surface area (Å²) in [5.41, 5.74) is 9.20. The molecule has 1 heterocycles. The van der Waals surface area contributed by atoms with E-state index >= 15 is 0 Å². The Kier molecular flexibility index (Phi) is 5.64. The van der Waals surface area contributed by atoms with Gasteiger partial charge in [-0.05, 0) is 101 Å². The molecule has 0 saturated carbocycles. The second-order valence-corrected chi connectivity index (χ2v) is 12.4. The van der Waals surface area contributed by atoms with Crippen molar-refractivity contribution in [3.05, 3.63) is 170 Å². The first-order chi connectivity index (χ1) is 23.3. The number of hydrogen-bond acceptors (Lipinski definition) is 1. The van der Waals surface area contributed by atoms with Crippen molar-refractivity contribution in [1.82, 2.24) is 0 Å². The van der Waals surface area contributed by atoms with Crippen LogP contribution in [0.15, 0.2) is 174 Å². The summed E-state index contributed by atoms with van der Waals surface area (Å²) < 4.78 is 6.50. The fourth-order valence-corrected chi connectivity index (χ4v) is 7.83. The van der Waals surface area contributed by atoms with Crippen molar-refractivity contribution >= 4 is 65.0 Å². The molecule has 0 fully saturated rings. The SMILES string of the molecule is c1ccc(-c2c3ccccc3c(-c3cc(-c4cccc5oc6ccc7ccccc7c6c45)cc4ccccc34)c3ccccc23)cc1. The Morgan fingerprint density at radius 1 is 0.298 bits per heavy atom. The maximum Gasteiger partial charge on any atom is 0.136 e. The highest BCUT2D eigenvalue weighted by Crippen LogP contribution is 2.47. The molecule has 10 aromatic rings. The van der Waals surface area contributed by atoms with Crippen molar-refractivity contribution in [2.24, 2.45) is 0 Å². The Bertz CT molecular complexity index is 2780. The van der Waals surface area contributed by atoms with Crippen molar-refractivity contribution in [2.45, 2.75) is 0 Å². The first-order valence-electron chi connectivity index (χ1n) is 16.2. The lowest BCUT2D eigenvalue weighted by atomic mass is 9.83. The molecular weight excluding hydrogens is 569 g/mol. The van der Waals surface area contributed by atoms with E-state index in [2.05, 4.69) is 170 Å². The molecule has 0 bridgehead atoms. The predicted octanol–water partition coefficient (Wildman–Crippen LogP) is 13.2. The molecule has 218 valence electrons. The molecule has 1 nitrogen and oxygen atoms in total. The number of benzene rings is 9. The molecule has 0 radical (unpaired) electrons. The fraction of sp³-hybridized carbons (Fsp3) is 0. The zero-order chi connectivity index (χ0) is 30.9. The summed E-state index contributed by atoms with van der Waals surface area (Å²) in [5.74, 6) is 0. The molecule has 1 heteroatoms. The Labute approximate surface area is 271 Å². The van der Waals surface area contributed by atoms with Crippen molar-refractivity contribution in [3.63, 3.8) is 0 Å². The molecule has 1 aromatic heterocycles. The minimum atomic E-state index is 0.909. The van der Waals surface area contributed by atoms with E-state index < -0.39 is 0 Å². The minimum Gasteiger partial charge on any atom is -0.456 e. The fourth-order valence-electron chi connectivity index (χ4n) is 7.83. The number of fused-ring (bicyclic) bond motifs is 8. The summed E-state index contributed by atoms with van der Waals surface area (Å²) in [6.07, 6.45) is 0. The van der Waals surface area contributed by atoms with Crippen LogP contribution in [0.4, 0.5) is 0 Å². The molecule has 0 unspecified atom stereocenters. The van der Waals surface area contributed by atoms with E-state index in [1.807, 2.05) is 0 Å². The average Bonchev–Trinajstić information content (AvgIpc) is 3.53. The van der Waals surface area contributed by atoms with Crippen LogP contribution in [0.2, 0.25) is 0 Å². The van der Waals surface area contributed by atoms with E-state index in [-0.39, 0.29) is 0 Å². The highest BCUT2D eigenvalue weighted by Gasteiger charge is 2.20. The standard InChI is InChI=1S/C46H28O/c1-2-14-30(15-3-1)43-36-19-8-10-21-38(36)44(39-22-11-9-20-37(39)43)40-28-32(27-31-16-5-6-17-33(31)40)35-23-12-24-41-46(35)45-34-18-7-4-13-29(34)25-26-42(45)47-41/h1-28H. The van der Waals surface area contributed by atoms with Gasteiger partial charge < -0.3 is 4.42 Å². The molecule has 0 saturated heterocycles. The summed E-state index contributed by atoms with van der Waals surface area (Å²) >= 11 is 0. The molecular formula is C46H28O. The maximum atomic E-state index is 6.50. The molecule has 10 rings (SSSR count). The van der Waals surface area contributed by atoms with Crippen LogP contribution in [-0.4, -0.2) is 0 Å². The Morgan fingerprint density at radius 2 is 0.872 bits per heavy atom. The van der Waals surface area contributed by atoms with Crippen molar-refractivity contribution < 1.29 is 4.42 Å². The van der Waals surface area contributed by atoms with Gasteiger partial charge >= 0.3 is 0 Å². The second kappa shape index (κ2) is 10.2. The van der Waals surface area contributed by atoms with Crippen molar-refractivity contribution in [2.75, 3.05) is 0 Å². The highest BCUT2D eigenvalue weighted by atomic mass is 16.3. The van der Waals surface area contributed by atoms with Gasteiger partial charge in [-0.15, -0.1) is 0 Å².